The lowest BCUT2D eigenvalue weighted by Gasteiger charge is -2.16. The zero-order valence-corrected chi connectivity index (χ0v) is 6.54. The van der Waals surface area contributed by atoms with Crippen molar-refractivity contribution in [1.29, 1.82) is 0 Å². The average Bonchev–Trinajstić information content (AvgIpc) is 2.36. The maximum Gasteiger partial charge on any atom is -0.0292 e. The summed E-state index contributed by atoms with van der Waals surface area (Å²) in [6, 6.07) is 0. The van der Waals surface area contributed by atoms with Gasteiger partial charge in [-0.1, -0.05) is 13.8 Å². The topological polar surface area (TPSA) is 0 Å². The van der Waals surface area contributed by atoms with Gasteiger partial charge in [-0.25, -0.2) is 0 Å². The summed E-state index contributed by atoms with van der Waals surface area (Å²) in [5.41, 5.74) is 1.57. The van der Waals surface area contributed by atoms with E-state index in [1.165, 1.54) is 32.1 Å². The molecule has 0 bridgehead atoms. The van der Waals surface area contributed by atoms with Crippen LogP contribution in [0.15, 0.2) is 0 Å². The molecule has 0 aliphatic heterocycles. The molecule has 0 heteroatoms. The van der Waals surface area contributed by atoms with Crippen LogP contribution in [0.1, 0.15) is 46.0 Å². The van der Waals surface area contributed by atoms with Gasteiger partial charge in [-0.15, -0.1) is 0 Å². The first-order chi connectivity index (χ1) is 4.12. The smallest absolute Gasteiger partial charge is 0.0292 e. The van der Waals surface area contributed by atoms with E-state index in [-0.39, 0.29) is 0 Å². The van der Waals surface area contributed by atoms with E-state index in [0.717, 1.165) is 5.41 Å². The van der Waals surface area contributed by atoms with Gasteiger partial charge in [0, 0.05) is 0 Å². The minimum atomic E-state index is 0.691. The Hall–Kier alpha value is 0. The molecule has 0 unspecified atom stereocenters. The molecule has 0 atom stereocenters. The van der Waals surface area contributed by atoms with Crippen LogP contribution >= 0.6 is 0 Å². The first-order valence-electron chi connectivity index (χ1n) is 4.12. The van der Waals surface area contributed by atoms with Crippen molar-refractivity contribution in [2.75, 3.05) is 0 Å². The van der Waals surface area contributed by atoms with Crippen molar-refractivity contribution in [1.82, 2.24) is 0 Å². The van der Waals surface area contributed by atoms with E-state index in [0.29, 0.717) is 5.41 Å². The van der Waals surface area contributed by atoms with Crippen molar-refractivity contribution in [3.63, 3.8) is 0 Å². The highest BCUT2D eigenvalue weighted by atomic mass is 14.6. The fraction of sp³-hybridized carbons (Fsp3) is 1.00. The summed E-state index contributed by atoms with van der Waals surface area (Å²) in [6.45, 7) is 4.83. The fourth-order valence-electron chi connectivity index (χ4n) is 2.40. The van der Waals surface area contributed by atoms with E-state index in [1.807, 2.05) is 0 Å². The molecule has 0 amide bonds. The third-order valence-electron chi connectivity index (χ3n) is 3.14. The Morgan fingerprint density at radius 1 is 0.889 bits per heavy atom. The summed E-state index contributed by atoms with van der Waals surface area (Å²) < 4.78 is 0. The van der Waals surface area contributed by atoms with E-state index in [4.69, 9.17) is 0 Å². The minimum absolute atomic E-state index is 0.691. The Kier molecular flexibility index (Phi) is 0.868. The highest BCUT2D eigenvalue weighted by Crippen LogP contribution is 2.63. The molecule has 2 aliphatic carbocycles. The van der Waals surface area contributed by atoms with Crippen molar-refractivity contribution < 1.29 is 0 Å². The van der Waals surface area contributed by atoms with Crippen molar-refractivity contribution in [3.8, 4) is 0 Å². The number of hydrogen-bond acceptors (Lipinski definition) is 0. The van der Waals surface area contributed by atoms with Gasteiger partial charge in [0.1, 0.15) is 0 Å². The molecule has 52 valence electrons. The zero-order valence-electron chi connectivity index (χ0n) is 6.54. The van der Waals surface area contributed by atoms with Crippen LogP contribution in [0.3, 0.4) is 0 Å². The van der Waals surface area contributed by atoms with Gasteiger partial charge >= 0.3 is 0 Å². The van der Waals surface area contributed by atoms with Crippen LogP contribution in [-0.4, -0.2) is 0 Å². The SMILES string of the molecule is CC1(C)CCC2(CC2)C1. The Morgan fingerprint density at radius 3 is 1.67 bits per heavy atom. The molecular formula is C9H16. The highest BCUT2D eigenvalue weighted by Gasteiger charge is 2.50. The summed E-state index contributed by atoms with van der Waals surface area (Å²) in [7, 11) is 0. The zero-order chi connectivity index (χ0) is 6.54. The van der Waals surface area contributed by atoms with Crippen LogP contribution in [0, 0.1) is 10.8 Å². The monoisotopic (exact) mass is 124 g/mol. The fourth-order valence-corrected chi connectivity index (χ4v) is 2.40. The van der Waals surface area contributed by atoms with Crippen LogP contribution in [0.2, 0.25) is 0 Å². The normalized spacial score (nSPS) is 35.3. The predicted octanol–water partition coefficient (Wildman–Crippen LogP) is 2.98. The van der Waals surface area contributed by atoms with Gasteiger partial charge in [-0.05, 0) is 42.9 Å². The van der Waals surface area contributed by atoms with Gasteiger partial charge in [0.2, 0.25) is 0 Å². The molecule has 1 spiro atoms. The maximum absolute atomic E-state index is 2.42. The summed E-state index contributed by atoms with van der Waals surface area (Å²) in [6.07, 6.45) is 7.60. The molecule has 2 fully saturated rings. The molecule has 0 aromatic heterocycles. The Labute approximate surface area is 57.6 Å². The van der Waals surface area contributed by atoms with Gasteiger partial charge in [0.25, 0.3) is 0 Å². The van der Waals surface area contributed by atoms with Crippen molar-refractivity contribution in [3.05, 3.63) is 0 Å². The summed E-state index contributed by atoms with van der Waals surface area (Å²) in [5, 5.41) is 0. The molecule has 9 heavy (non-hydrogen) atoms. The van der Waals surface area contributed by atoms with E-state index in [9.17, 15) is 0 Å². The molecule has 0 radical (unpaired) electrons. The molecule has 0 aromatic rings. The van der Waals surface area contributed by atoms with Gasteiger partial charge in [0.05, 0.1) is 0 Å². The molecule has 0 saturated heterocycles. The highest BCUT2D eigenvalue weighted by molar-refractivity contribution is 5.02. The third-order valence-corrected chi connectivity index (χ3v) is 3.14. The molecule has 2 rings (SSSR count). The molecule has 2 aliphatic rings. The maximum atomic E-state index is 2.42. The van der Waals surface area contributed by atoms with Gasteiger partial charge in [-0.2, -0.15) is 0 Å². The average molecular weight is 124 g/mol. The van der Waals surface area contributed by atoms with Crippen LogP contribution < -0.4 is 0 Å². The van der Waals surface area contributed by atoms with E-state index in [2.05, 4.69) is 13.8 Å². The van der Waals surface area contributed by atoms with Crippen molar-refractivity contribution in [2.24, 2.45) is 10.8 Å². The lowest BCUT2D eigenvalue weighted by Crippen LogP contribution is -2.04. The molecule has 2 saturated carbocycles. The van der Waals surface area contributed by atoms with Crippen LogP contribution in [0.4, 0.5) is 0 Å². The predicted molar refractivity (Wildman–Crippen MR) is 39.3 cm³/mol. The quantitative estimate of drug-likeness (QED) is 0.465. The lowest BCUT2D eigenvalue weighted by atomic mass is 9.90. The second kappa shape index (κ2) is 1.36. The number of rotatable bonds is 0. The first-order valence-corrected chi connectivity index (χ1v) is 4.12. The third kappa shape index (κ3) is 0.889. The van der Waals surface area contributed by atoms with Gasteiger partial charge < -0.3 is 0 Å². The van der Waals surface area contributed by atoms with E-state index >= 15 is 0 Å². The first kappa shape index (κ1) is 5.76. The Balaban J connectivity index is 2.08. The second-order valence-corrected chi connectivity index (χ2v) is 4.84. The van der Waals surface area contributed by atoms with Gasteiger partial charge in [-0.3, -0.25) is 0 Å². The van der Waals surface area contributed by atoms with Crippen molar-refractivity contribution >= 4 is 0 Å². The second-order valence-electron chi connectivity index (χ2n) is 4.84. The summed E-state index contributed by atoms with van der Waals surface area (Å²) >= 11 is 0. The standard InChI is InChI=1S/C9H16/c1-8(2)3-4-9(7-8)5-6-9/h3-7H2,1-2H3. The molecule has 0 N–H and O–H groups in total. The molecule has 0 heterocycles. The Bertz CT molecular complexity index is 125. The van der Waals surface area contributed by atoms with E-state index < -0.39 is 0 Å². The summed E-state index contributed by atoms with van der Waals surface area (Å²) in [4.78, 5) is 0. The molecule has 0 nitrogen and oxygen atoms in total. The number of hydrogen-bond donors (Lipinski definition) is 0. The largest absolute Gasteiger partial charge is 0.0599 e. The van der Waals surface area contributed by atoms with Crippen molar-refractivity contribution in [2.45, 2.75) is 46.0 Å². The minimum Gasteiger partial charge on any atom is -0.0599 e. The van der Waals surface area contributed by atoms with Gasteiger partial charge in [0.15, 0.2) is 0 Å². The van der Waals surface area contributed by atoms with Crippen LogP contribution in [0.5, 0.6) is 0 Å². The molecular weight excluding hydrogens is 108 g/mol. The lowest BCUT2D eigenvalue weighted by molar-refractivity contribution is 0.354. The molecule has 0 aromatic carbocycles. The van der Waals surface area contributed by atoms with E-state index in [1.54, 1.807) is 0 Å². The van der Waals surface area contributed by atoms with Crippen LogP contribution in [0.25, 0.3) is 0 Å². The van der Waals surface area contributed by atoms with Crippen LogP contribution in [-0.2, 0) is 0 Å². The Morgan fingerprint density at radius 2 is 1.44 bits per heavy atom. The summed E-state index contributed by atoms with van der Waals surface area (Å²) in [5.74, 6) is 0.